The van der Waals surface area contributed by atoms with Gasteiger partial charge >= 0.3 is 5.97 Å². The number of carboxylic acids is 1. The Morgan fingerprint density at radius 3 is 2.85 bits per heavy atom. The molecule has 0 aromatic heterocycles. The van der Waals surface area contributed by atoms with Gasteiger partial charge in [-0.25, -0.2) is 0 Å². The number of likely N-dealkylation sites (tertiary alicyclic amines) is 1. The van der Waals surface area contributed by atoms with Crippen LogP contribution in [0.5, 0.6) is 0 Å². The molecular formula is C15H18BrNO3. The molecule has 4 nitrogen and oxygen atoms in total. The summed E-state index contributed by atoms with van der Waals surface area (Å²) < 4.78 is 0.941. The van der Waals surface area contributed by atoms with Gasteiger partial charge in [0.15, 0.2) is 0 Å². The quantitative estimate of drug-likeness (QED) is 0.920. The highest BCUT2D eigenvalue weighted by molar-refractivity contribution is 9.10. The number of hydrogen-bond acceptors (Lipinski definition) is 2. The molecule has 1 unspecified atom stereocenters. The van der Waals surface area contributed by atoms with Gasteiger partial charge in [0.1, 0.15) is 0 Å². The van der Waals surface area contributed by atoms with E-state index in [1.165, 1.54) is 0 Å². The highest BCUT2D eigenvalue weighted by Gasteiger charge is 2.39. The van der Waals surface area contributed by atoms with Crippen LogP contribution < -0.4 is 0 Å². The lowest BCUT2D eigenvalue weighted by Crippen LogP contribution is -2.48. The van der Waals surface area contributed by atoms with Crippen molar-refractivity contribution in [2.75, 3.05) is 13.1 Å². The van der Waals surface area contributed by atoms with E-state index in [1.807, 2.05) is 24.3 Å². The second-order valence-corrected chi connectivity index (χ2v) is 6.51. The maximum atomic E-state index is 12.3. The van der Waals surface area contributed by atoms with Crippen LogP contribution in [0.15, 0.2) is 28.7 Å². The molecule has 1 aromatic rings. The van der Waals surface area contributed by atoms with E-state index < -0.39 is 11.4 Å². The van der Waals surface area contributed by atoms with Crippen molar-refractivity contribution in [1.29, 1.82) is 0 Å². The Balaban J connectivity index is 2.04. The van der Waals surface area contributed by atoms with Crippen molar-refractivity contribution < 1.29 is 14.7 Å². The first kappa shape index (κ1) is 15.0. The van der Waals surface area contributed by atoms with Crippen LogP contribution in [0, 0.1) is 5.41 Å². The molecule has 0 saturated carbocycles. The van der Waals surface area contributed by atoms with E-state index in [1.54, 1.807) is 11.8 Å². The molecule has 2 rings (SSSR count). The first-order chi connectivity index (χ1) is 9.40. The van der Waals surface area contributed by atoms with Crippen LogP contribution in [0.3, 0.4) is 0 Å². The molecule has 1 aliphatic heterocycles. The lowest BCUT2D eigenvalue weighted by Gasteiger charge is -2.37. The molecule has 0 aliphatic carbocycles. The fraction of sp³-hybridized carbons (Fsp3) is 0.467. The van der Waals surface area contributed by atoms with Gasteiger partial charge in [0.25, 0.3) is 0 Å². The summed E-state index contributed by atoms with van der Waals surface area (Å²) in [5.74, 6) is -0.826. The van der Waals surface area contributed by atoms with Gasteiger partial charge < -0.3 is 10.0 Å². The van der Waals surface area contributed by atoms with Crippen molar-refractivity contribution in [1.82, 2.24) is 4.90 Å². The summed E-state index contributed by atoms with van der Waals surface area (Å²) in [6.07, 6.45) is 1.69. The van der Waals surface area contributed by atoms with Crippen LogP contribution in [0.4, 0.5) is 0 Å². The third-order valence-corrected chi connectivity index (χ3v) is 4.30. The SMILES string of the molecule is CC1(C(=O)O)CCCN(C(=O)Cc2cccc(Br)c2)C1. The lowest BCUT2D eigenvalue weighted by atomic mass is 9.82. The number of carboxylic acid groups (broad SMARTS) is 1. The van der Waals surface area contributed by atoms with Crippen LogP contribution >= 0.6 is 15.9 Å². The zero-order chi connectivity index (χ0) is 14.8. The van der Waals surface area contributed by atoms with Gasteiger partial charge in [-0.2, -0.15) is 0 Å². The van der Waals surface area contributed by atoms with Crippen LogP contribution in [0.1, 0.15) is 25.3 Å². The minimum atomic E-state index is -0.822. The maximum Gasteiger partial charge on any atom is 0.311 e. The van der Waals surface area contributed by atoms with E-state index >= 15 is 0 Å². The number of amides is 1. The van der Waals surface area contributed by atoms with E-state index in [2.05, 4.69) is 15.9 Å². The molecule has 0 radical (unpaired) electrons. The Labute approximate surface area is 126 Å². The Kier molecular flexibility index (Phi) is 4.48. The molecule has 1 N–H and O–H groups in total. The minimum absolute atomic E-state index is 0.00437. The third-order valence-electron chi connectivity index (χ3n) is 3.81. The van der Waals surface area contributed by atoms with E-state index in [0.29, 0.717) is 25.9 Å². The monoisotopic (exact) mass is 339 g/mol. The van der Waals surface area contributed by atoms with Gasteiger partial charge in [0.2, 0.25) is 5.91 Å². The molecule has 1 amide bonds. The molecule has 20 heavy (non-hydrogen) atoms. The number of carbonyl (C=O) groups excluding carboxylic acids is 1. The lowest BCUT2D eigenvalue weighted by molar-refractivity contribution is -0.153. The van der Waals surface area contributed by atoms with Crippen molar-refractivity contribution in [3.8, 4) is 0 Å². The number of halogens is 1. The van der Waals surface area contributed by atoms with Crippen LogP contribution in [0.25, 0.3) is 0 Å². The fourth-order valence-electron chi connectivity index (χ4n) is 2.56. The van der Waals surface area contributed by atoms with E-state index in [-0.39, 0.29) is 5.91 Å². The number of benzene rings is 1. The van der Waals surface area contributed by atoms with Crippen molar-refractivity contribution in [3.05, 3.63) is 34.3 Å². The largest absolute Gasteiger partial charge is 0.481 e. The molecule has 0 spiro atoms. The summed E-state index contributed by atoms with van der Waals surface area (Å²) in [5, 5.41) is 9.28. The average Bonchev–Trinajstić information content (AvgIpc) is 2.38. The summed E-state index contributed by atoms with van der Waals surface area (Å²) in [6, 6.07) is 7.63. The summed E-state index contributed by atoms with van der Waals surface area (Å²) in [6.45, 7) is 2.67. The van der Waals surface area contributed by atoms with E-state index in [4.69, 9.17) is 0 Å². The Morgan fingerprint density at radius 2 is 2.20 bits per heavy atom. The minimum Gasteiger partial charge on any atom is -0.481 e. The molecular weight excluding hydrogens is 322 g/mol. The topological polar surface area (TPSA) is 57.6 Å². The zero-order valence-electron chi connectivity index (χ0n) is 11.4. The number of aliphatic carboxylic acids is 1. The number of carbonyl (C=O) groups is 2. The molecule has 108 valence electrons. The average molecular weight is 340 g/mol. The number of piperidine rings is 1. The van der Waals surface area contributed by atoms with Gasteiger partial charge in [-0.1, -0.05) is 28.1 Å². The Morgan fingerprint density at radius 1 is 1.45 bits per heavy atom. The van der Waals surface area contributed by atoms with Crippen LogP contribution in [-0.4, -0.2) is 35.0 Å². The molecule has 1 aliphatic rings. The summed E-state index contributed by atoms with van der Waals surface area (Å²) in [4.78, 5) is 25.3. The van der Waals surface area contributed by atoms with Crippen molar-refractivity contribution in [2.45, 2.75) is 26.2 Å². The second-order valence-electron chi connectivity index (χ2n) is 5.59. The summed E-state index contributed by atoms with van der Waals surface area (Å²) in [7, 11) is 0. The Bertz CT molecular complexity index is 532. The number of hydrogen-bond donors (Lipinski definition) is 1. The highest BCUT2D eigenvalue weighted by Crippen LogP contribution is 2.30. The number of rotatable bonds is 3. The Hall–Kier alpha value is -1.36. The normalized spacial score (nSPS) is 22.6. The molecule has 1 aromatic carbocycles. The predicted molar refractivity (Wildman–Crippen MR) is 79.4 cm³/mol. The maximum absolute atomic E-state index is 12.3. The third kappa shape index (κ3) is 3.39. The van der Waals surface area contributed by atoms with Gasteiger partial charge in [-0.3, -0.25) is 9.59 Å². The van der Waals surface area contributed by atoms with E-state index in [9.17, 15) is 14.7 Å². The van der Waals surface area contributed by atoms with Crippen molar-refractivity contribution in [2.24, 2.45) is 5.41 Å². The highest BCUT2D eigenvalue weighted by atomic mass is 79.9. The molecule has 1 saturated heterocycles. The summed E-state index contributed by atoms with van der Waals surface area (Å²) in [5.41, 5.74) is 0.123. The molecule has 0 bridgehead atoms. The molecule has 1 heterocycles. The van der Waals surface area contributed by atoms with Gasteiger partial charge in [0, 0.05) is 17.6 Å². The zero-order valence-corrected chi connectivity index (χ0v) is 13.0. The first-order valence-corrected chi connectivity index (χ1v) is 7.46. The smallest absolute Gasteiger partial charge is 0.311 e. The first-order valence-electron chi connectivity index (χ1n) is 6.66. The van der Waals surface area contributed by atoms with Crippen LogP contribution in [0.2, 0.25) is 0 Å². The second kappa shape index (κ2) is 5.95. The molecule has 1 atom stereocenters. The standard InChI is InChI=1S/C15H18BrNO3/c1-15(14(19)20)6-3-7-17(10-15)13(18)9-11-4-2-5-12(16)8-11/h2,4-5,8H,3,6-7,9-10H2,1H3,(H,19,20). The van der Waals surface area contributed by atoms with Crippen LogP contribution in [-0.2, 0) is 16.0 Å². The van der Waals surface area contributed by atoms with E-state index in [0.717, 1.165) is 16.5 Å². The fourth-order valence-corrected chi connectivity index (χ4v) is 3.01. The van der Waals surface area contributed by atoms with Crippen molar-refractivity contribution in [3.63, 3.8) is 0 Å². The molecule has 5 heteroatoms. The van der Waals surface area contributed by atoms with Crippen molar-refractivity contribution >= 4 is 27.8 Å². The predicted octanol–water partition coefficient (Wildman–Crippen LogP) is 2.70. The summed E-state index contributed by atoms with van der Waals surface area (Å²) >= 11 is 3.38. The van der Waals surface area contributed by atoms with Gasteiger partial charge in [-0.15, -0.1) is 0 Å². The number of nitrogens with zero attached hydrogens (tertiary/aromatic N) is 1. The van der Waals surface area contributed by atoms with Gasteiger partial charge in [0.05, 0.1) is 11.8 Å². The van der Waals surface area contributed by atoms with Gasteiger partial charge in [-0.05, 0) is 37.5 Å². The molecule has 1 fully saturated rings.